The zero-order valence-corrected chi connectivity index (χ0v) is 30.9. The van der Waals surface area contributed by atoms with E-state index in [0.717, 1.165) is 33.3 Å². The molecule has 0 fully saturated rings. The lowest BCUT2D eigenvalue weighted by Gasteiger charge is -2.11. The summed E-state index contributed by atoms with van der Waals surface area (Å²) in [7, 11) is 0. The molecule has 12 aromatic rings. The predicted octanol–water partition coefficient (Wildman–Crippen LogP) is 14.8. The minimum Gasteiger partial charge on any atom is -0.456 e. The van der Waals surface area contributed by atoms with Crippen LogP contribution in [0.5, 0.6) is 0 Å². The van der Waals surface area contributed by atoms with Gasteiger partial charge in [-0.3, -0.25) is 0 Å². The van der Waals surface area contributed by atoms with Crippen LogP contribution in [0.15, 0.2) is 211 Å². The van der Waals surface area contributed by atoms with Gasteiger partial charge in [0, 0.05) is 43.7 Å². The molecule has 0 radical (unpaired) electrons. The average Bonchev–Trinajstić information content (AvgIpc) is 3.94. The van der Waals surface area contributed by atoms with E-state index >= 15 is 0 Å². The van der Waals surface area contributed by atoms with Gasteiger partial charge in [0.15, 0.2) is 0 Å². The molecule has 12 rings (SSSR count). The second-order valence-corrected chi connectivity index (χ2v) is 14.9. The number of aromatic nitrogens is 2. The first-order valence-electron chi connectivity index (χ1n) is 19.5. The average molecular weight is 727 g/mol. The Hall–Kier alpha value is -7.62. The lowest BCUT2D eigenvalue weighted by atomic mass is 9.98. The van der Waals surface area contributed by atoms with Crippen molar-refractivity contribution in [2.75, 3.05) is 0 Å². The lowest BCUT2D eigenvalue weighted by Crippen LogP contribution is -1.94. The Labute approximate surface area is 328 Å². The fourth-order valence-electron chi connectivity index (χ4n) is 9.10. The third-order valence-electron chi connectivity index (χ3n) is 11.8. The maximum atomic E-state index is 6.07. The summed E-state index contributed by atoms with van der Waals surface area (Å²) in [5.41, 5.74) is 16.1. The Morgan fingerprint density at radius 2 is 0.807 bits per heavy atom. The minimum atomic E-state index is 0.917. The highest BCUT2D eigenvalue weighted by atomic mass is 16.3. The van der Waals surface area contributed by atoms with Crippen molar-refractivity contribution < 1.29 is 4.42 Å². The Balaban J connectivity index is 0.935. The van der Waals surface area contributed by atoms with Gasteiger partial charge in [-0.1, -0.05) is 140 Å². The van der Waals surface area contributed by atoms with E-state index in [9.17, 15) is 0 Å². The van der Waals surface area contributed by atoms with Crippen molar-refractivity contribution >= 4 is 65.6 Å². The number of benzene rings is 9. The van der Waals surface area contributed by atoms with E-state index in [1.807, 2.05) is 12.1 Å². The van der Waals surface area contributed by atoms with Crippen molar-refractivity contribution in [1.29, 1.82) is 0 Å². The molecule has 0 aliphatic carbocycles. The van der Waals surface area contributed by atoms with Gasteiger partial charge >= 0.3 is 0 Å². The van der Waals surface area contributed by atoms with Crippen LogP contribution >= 0.6 is 0 Å². The quantitative estimate of drug-likeness (QED) is 0.173. The molecule has 0 saturated carbocycles. The maximum absolute atomic E-state index is 6.07. The third-order valence-corrected chi connectivity index (χ3v) is 11.8. The highest BCUT2D eigenvalue weighted by molar-refractivity contribution is 6.17. The molecule has 0 saturated heterocycles. The molecule has 0 unspecified atom stereocenters. The molecule has 3 heteroatoms. The number of furan rings is 1. The van der Waals surface area contributed by atoms with Crippen molar-refractivity contribution in [1.82, 2.24) is 9.13 Å². The van der Waals surface area contributed by atoms with E-state index in [4.69, 9.17) is 4.42 Å². The van der Waals surface area contributed by atoms with E-state index in [2.05, 4.69) is 203 Å². The van der Waals surface area contributed by atoms with E-state index in [1.165, 1.54) is 77.0 Å². The molecule has 3 nitrogen and oxygen atoms in total. The monoisotopic (exact) mass is 726 g/mol. The molecule has 0 amide bonds. The summed E-state index contributed by atoms with van der Waals surface area (Å²) in [6.07, 6.45) is 0. The predicted molar refractivity (Wildman–Crippen MR) is 239 cm³/mol. The molecule has 0 bridgehead atoms. The zero-order chi connectivity index (χ0) is 37.5. The van der Waals surface area contributed by atoms with E-state index in [-0.39, 0.29) is 0 Å². The molecule has 0 N–H and O–H groups in total. The van der Waals surface area contributed by atoms with Crippen LogP contribution in [0.25, 0.3) is 110 Å². The molecule has 57 heavy (non-hydrogen) atoms. The second kappa shape index (κ2) is 12.5. The Morgan fingerprint density at radius 3 is 1.60 bits per heavy atom. The summed E-state index contributed by atoms with van der Waals surface area (Å²) in [5.74, 6) is 0. The molecule has 0 spiro atoms. The zero-order valence-electron chi connectivity index (χ0n) is 30.9. The first-order chi connectivity index (χ1) is 28.3. The molecule has 9 aromatic carbocycles. The summed E-state index contributed by atoms with van der Waals surface area (Å²) in [6, 6.07) is 74.5. The van der Waals surface area contributed by atoms with Gasteiger partial charge in [-0.2, -0.15) is 0 Å². The van der Waals surface area contributed by atoms with Crippen LogP contribution in [0.4, 0.5) is 0 Å². The number of nitrogens with zero attached hydrogens (tertiary/aromatic N) is 2. The number of hydrogen-bond acceptors (Lipinski definition) is 1. The fraction of sp³-hybridized carbons (Fsp3) is 0. The van der Waals surface area contributed by atoms with Crippen LogP contribution < -0.4 is 0 Å². The molecule has 0 atom stereocenters. The van der Waals surface area contributed by atoms with Gasteiger partial charge in [-0.15, -0.1) is 0 Å². The summed E-state index contributed by atoms with van der Waals surface area (Å²) in [4.78, 5) is 0. The number of rotatable bonds is 5. The van der Waals surface area contributed by atoms with Crippen molar-refractivity contribution in [2.24, 2.45) is 0 Å². The summed E-state index contributed by atoms with van der Waals surface area (Å²) < 4.78 is 10.9. The second-order valence-electron chi connectivity index (χ2n) is 14.9. The molecular weight excluding hydrogens is 693 g/mol. The topological polar surface area (TPSA) is 23.0 Å². The van der Waals surface area contributed by atoms with Crippen LogP contribution in [-0.4, -0.2) is 9.13 Å². The normalized spacial score (nSPS) is 11.9. The van der Waals surface area contributed by atoms with Gasteiger partial charge in [0.1, 0.15) is 11.2 Å². The summed E-state index contributed by atoms with van der Waals surface area (Å²) in [5, 5.41) is 7.32. The van der Waals surface area contributed by atoms with Crippen LogP contribution in [0.1, 0.15) is 0 Å². The summed E-state index contributed by atoms with van der Waals surface area (Å²) >= 11 is 0. The number of para-hydroxylation sites is 4. The smallest absolute Gasteiger partial charge is 0.135 e. The Bertz CT molecular complexity index is 3490. The van der Waals surface area contributed by atoms with Gasteiger partial charge in [-0.25, -0.2) is 0 Å². The minimum absolute atomic E-state index is 0.917. The largest absolute Gasteiger partial charge is 0.456 e. The first kappa shape index (κ1) is 31.7. The first-order valence-corrected chi connectivity index (χ1v) is 19.5. The van der Waals surface area contributed by atoms with Gasteiger partial charge < -0.3 is 13.6 Å². The lowest BCUT2D eigenvalue weighted by molar-refractivity contribution is 0.669. The van der Waals surface area contributed by atoms with Gasteiger partial charge in [0.2, 0.25) is 0 Å². The number of fused-ring (bicyclic) bond motifs is 9. The van der Waals surface area contributed by atoms with E-state index < -0.39 is 0 Å². The van der Waals surface area contributed by atoms with Crippen LogP contribution in [0.2, 0.25) is 0 Å². The van der Waals surface area contributed by atoms with Gasteiger partial charge in [0.05, 0.1) is 22.1 Å². The summed E-state index contributed by atoms with van der Waals surface area (Å²) in [6.45, 7) is 0. The molecule has 3 heterocycles. The van der Waals surface area contributed by atoms with Crippen molar-refractivity contribution in [3.8, 4) is 44.8 Å². The standard InChI is InChI=1S/C54H34N2O/c1-2-11-40(12-3-1)56-48-17-7-4-13-43(48)44-31-27-39(34-51(44)56)42-16-10-19-50-54(42)46-15-5-8-18-49(46)55(50)41-29-25-36(26-30-41)35-21-23-37(24-22-35)38-28-32-53-47(33-38)45-14-6-9-20-52(45)57-53/h1-34H. The Morgan fingerprint density at radius 1 is 0.281 bits per heavy atom. The van der Waals surface area contributed by atoms with Gasteiger partial charge in [0.25, 0.3) is 0 Å². The number of hydrogen-bond donors (Lipinski definition) is 0. The van der Waals surface area contributed by atoms with Crippen LogP contribution in [0, 0.1) is 0 Å². The molecular formula is C54H34N2O. The third kappa shape index (κ3) is 4.92. The highest BCUT2D eigenvalue weighted by Gasteiger charge is 2.18. The molecule has 0 aliphatic rings. The van der Waals surface area contributed by atoms with Crippen molar-refractivity contribution in [3.63, 3.8) is 0 Å². The van der Waals surface area contributed by atoms with Crippen molar-refractivity contribution in [2.45, 2.75) is 0 Å². The van der Waals surface area contributed by atoms with Crippen LogP contribution in [0.3, 0.4) is 0 Å². The van der Waals surface area contributed by atoms with Crippen LogP contribution in [-0.2, 0) is 0 Å². The highest BCUT2D eigenvalue weighted by Crippen LogP contribution is 2.41. The SMILES string of the molecule is c1ccc(-n2c3ccccc3c3ccc(-c4cccc5c4c4ccccc4n5-c4ccc(-c5ccc(-c6ccc7oc8ccccc8c7c6)cc5)cc4)cc32)cc1. The fourth-order valence-corrected chi connectivity index (χ4v) is 9.10. The van der Waals surface area contributed by atoms with Gasteiger partial charge in [-0.05, 0) is 100 Å². The maximum Gasteiger partial charge on any atom is 0.135 e. The van der Waals surface area contributed by atoms with E-state index in [1.54, 1.807) is 0 Å². The van der Waals surface area contributed by atoms with Crippen molar-refractivity contribution in [3.05, 3.63) is 206 Å². The Kier molecular flexibility index (Phi) is 6.93. The van der Waals surface area contributed by atoms with E-state index in [0.29, 0.717) is 0 Å². The molecule has 0 aliphatic heterocycles. The molecule has 3 aromatic heterocycles. The molecule has 266 valence electrons.